The minimum Gasteiger partial charge on any atom is -0.356 e. The summed E-state index contributed by atoms with van der Waals surface area (Å²) in [5.74, 6) is 3.25. The number of unbranched alkanes of at least 4 members (excludes halogenated alkanes) is 1. The quantitative estimate of drug-likeness (QED) is 0.260. The van der Waals surface area contributed by atoms with E-state index in [1.54, 1.807) is 0 Å². The molecule has 0 saturated carbocycles. The second kappa shape index (κ2) is 10.8. The van der Waals surface area contributed by atoms with E-state index in [0.29, 0.717) is 12.3 Å². The summed E-state index contributed by atoms with van der Waals surface area (Å²) in [6.45, 7) is 4.50. The zero-order valence-electron chi connectivity index (χ0n) is 18.1. The number of hydrogen-bond donors (Lipinski definition) is 0. The molecule has 0 saturated heterocycles. The molecule has 0 bridgehead atoms. The molecule has 0 N–H and O–H groups in total. The first-order chi connectivity index (χ1) is 14.7. The molecule has 1 nitrogen and oxygen atoms in total. The third-order valence-corrected chi connectivity index (χ3v) is 5.84. The molecule has 3 rings (SSSR count). The highest BCUT2D eigenvalue weighted by molar-refractivity contribution is 5.47. The summed E-state index contributed by atoms with van der Waals surface area (Å²) in [6.07, 6.45) is 9.82. The minimum atomic E-state index is -0.716. The van der Waals surface area contributed by atoms with Crippen molar-refractivity contribution < 1.29 is 4.74 Å². The topological polar surface area (TPSA) is 9.23 Å². The van der Waals surface area contributed by atoms with E-state index in [9.17, 15) is 0 Å². The van der Waals surface area contributed by atoms with Gasteiger partial charge in [-0.1, -0.05) is 118 Å². The monoisotopic (exact) mass is 396 g/mol. The molecular weight excluding hydrogens is 364 g/mol. The van der Waals surface area contributed by atoms with E-state index >= 15 is 0 Å². The van der Waals surface area contributed by atoms with Crippen LogP contribution in [0.15, 0.2) is 91.0 Å². The molecule has 1 heteroatoms. The van der Waals surface area contributed by atoms with Crippen molar-refractivity contribution in [1.29, 1.82) is 0 Å². The Morgan fingerprint density at radius 3 is 1.60 bits per heavy atom. The van der Waals surface area contributed by atoms with Crippen LogP contribution in [0.25, 0.3) is 0 Å². The van der Waals surface area contributed by atoms with Gasteiger partial charge < -0.3 is 4.74 Å². The van der Waals surface area contributed by atoms with Crippen LogP contribution in [-0.2, 0) is 10.3 Å². The predicted octanol–water partition coefficient (Wildman–Crippen LogP) is 7.21. The van der Waals surface area contributed by atoms with Gasteiger partial charge in [-0.3, -0.25) is 0 Å². The van der Waals surface area contributed by atoms with Crippen molar-refractivity contribution in [1.82, 2.24) is 0 Å². The van der Waals surface area contributed by atoms with E-state index in [2.05, 4.69) is 92.6 Å². The Morgan fingerprint density at radius 1 is 0.800 bits per heavy atom. The number of benzene rings is 3. The first-order valence-electron chi connectivity index (χ1n) is 11.0. The smallest absolute Gasteiger partial charge is 0.144 e. The average molecular weight is 397 g/mol. The number of hydrogen-bond acceptors (Lipinski definition) is 1. The second-order valence-electron chi connectivity index (χ2n) is 7.96. The second-order valence-corrected chi connectivity index (χ2v) is 7.96. The minimum absolute atomic E-state index is 0.0397. The third kappa shape index (κ3) is 4.84. The van der Waals surface area contributed by atoms with Crippen molar-refractivity contribution in [2.45, 2.75) is 51.2 Å². The van der Waals surface area contributed by atoms with Gasteiger partial charge in [-0.05, 0) is 29.0 Å². The molecule has 0 amide bonds. The first kappa shape index (κ1) is 21.9. The lowest BCUT2D eigenvalue weighted by Gasteiger charge is -2.40. The van der Waals surface area contributed by atoms with Crippen LogP contribution in [0.2, 0.25) is 0 Å². The summed E-state index contributed by atoms with van der Waals surface area (Å²) in [6, 6.07) is 31.6. The Balaban J connectivity index is 2.19. The van der Waals surface area contributed by atoms with Crippen LogP contribution >= 0.6 is 0 Å². The van der Waals surface area contributed by atoms with Crippen LogP contribution in [-0.4, -0.2) is 6.10 Å². The van der Waals surface area contributed by atoms with Crippen LogP contribution in [0.4, 0.5) is 0 Å². The molecule has 3 aromatic carbocycles. The fourth-order valence-corrected chi connectivity index (χ4v) is 4.14. The number of ether oxygens (including phenoxy) is 1. The normalized spacial score (nSPS) is 13.4. The van der Waals surface area contributed by atoms with Gasteiger partial charge in [0.1, 0.15) is 5.60 Å². The Labute approximate surface area is 182 Å². The first-order valence-corrected chi connectivity index (χ1v) is 11.0. The van der Waals surface area contributed by atoms with E-state index in [1.807, 2.05) is 18.2 Å². The van der Waals surface area contributed by atoms with E-state index in [-0.39, 0.29) is 6.10 Å². The number of terminal acetylenes is 1. The molecule has 0 fully saturated rings. The van der Waals surface area contributed by atoms with Gasteiger partial charge in [0.15, 0.2) is 0 Å². The van der Waals surface area contributed by atoms with Crippen LogP contribution < -0.4 is 0 Å². The lowest BCUT2D eigenvalue weighted by Crippen LogP contribution is -2.39. The van der Waals surface area contributed by atoms with Gasteiger partial charge in [-0.2, -0.15) is 0 Å². The number of rotatable bonds is 10. The van der Waals surface area contributed by atoms with Gasteiger partial charge in [-0.15, -0.1) is 12.3 Å². The van der Waals surface area contributed by atoms with Crippen LogP contribution in [0.3, 0.4) is 0 Å². The lowest BCUT2D eigenvalue weighted by atomic mass is 9.79. The van der Waals surface area contributed by atoms with Gasteiger partial charge in [0.25, 0.3) is 0 Å². The largest absolute Gasteiger partial charge is 0.356 e. The highest BCUT2D eigenvalue weighted by atomic mass is 16.5. The highest BCUT2D eigenvalue weighted by Crippen LogP contribution is 2.42. The van der Waals surface area contributed by atoms with Crippen LogP contribution in [0.1, 0.15) is 56.2 Å². The summed E-state index contributed by atoms with van der Waals surface area (Å²) < 4.78 is 7.15. The zero-order valence-corrected chi connectivity index (χ0v) is 18.1. The zero-order chi connectivity index (χ0) is 21.2. The Hall–Kier alpha value is -2.82. The molecule has 0 aromatic heterocycles. The van der Waals surface area contributed by atoms with E-state index in [4.69, 9.17) is 11.2 Å². The van der Waals surface area contributed by atoms with Crippen molar-refractivity contribution in [2.75, 3.05) is 0 Å². The average Bonchev–Trinajstić information content (AvgIpc) is 2.82. The molecule has 2 atom stereocenters. The molecule has 30 heavy (non-hydrogen) atoms. The van der Waals surface area contributed by atoms with Crippen molar-refractivity contribution in [3.63, 3.8) is 0 Å². The summed E-state index contributed by atoms with van der Waals surface area (Å²) in [5.41, 5.74) is 2.64. The Bertz CT molecular complexity index is 812. The lowest BCUT2D eigenvalue weighted by molar-refractivity contribution is -0.0703. The van der Waals surface area contributed by atoms with Gasteiger partial charge in [0.2, 0.25) is 0 Å². The molecule has 0 aliphatic carbocycles. The SMILES string of the molecule is C#CCC(OC(c1ccccc1)(c1ccccc1)c1ccccc1)C(C)CCCC. The molecule has 154 valence electrons. The Kier molecular flexibility index (Phi) is 7.89. The predicted molar refractivity (Wildman–Crippen MR) is 126 cm³/mol. The van der Waals surface area contributed by atoms with Gasteiger partial charge >= 0.3 is 0 Å². The van der Waals surface area contributed by atoms with Gasteiger partial charge in [-0.25, -0.2) is 0 Å². The summed E-state index contributed by atoms with van der Waals surface area (Å²) in [5, 5.41) is 0. The fraction of sp³-hybridized carbons (Fsp3) is 0.310. The molecule has 0 aliphatic heterocycles. The molecule has 0 radical (unpaired) electrons. The Morgan fingerprint density at radius 2 is 1.23 bits per heavy atom. The standard InChI is InChI=1S/C29H32O/c1-4-6-17-24(3)28(16-5-2)30-29(25-18-10-7-11-19-25,26-20-12-8-13-21-26)27-22-14-9-15-23-27/h2,7-15,18-24,28H,4,6,16-17H2,1,3H3. The molecular formula is C29H32O. The summed E-state index contributed by atoms with van der Waals surface area (Å²) in [7, 11) is 0. The third-order valence-electron chi connectivity index (χ3n) is 5.84. The molecule has 2 unspecified atom stereocenters. The summed E-state index contributed by atoms with van der Waals surface area (Å²) >= 11 is 0. The molecule has 0 aliphatic rings. The highest BCUT2D eigenvalue weighted by Gasteiger charge is 2.40. The van der Waals surface area contributed by atoms with Crippen LogP contribution in [0, 0.1) is 18.3 Å². The fourth-order valence-electron chi connectivity index (χ4n) is 4.14. The van der Waals surface area contributed by atoms with Crippen molar-refractivity contribution >= 4 is 0 Å². The summed E-state index contributed by atoms with van der Waals surface area (Å²) in [4.78, 5) is 0. The van der Waals surface area contributed by atoms with Crippen molar-refractivity contribution in [3.05, 3.63) is 108 Å². The van der Waals surface area contributed by atoms with Crippen molar-refractivity contribution in [2.24, 2.45) is 5.92 Å². The van der Waals surface area contributed by atoms with E-state index < -0.39 is 5.60 Å². The van der Waals surface area contributed by atoms with Crippen LogP contribution in [0.5, 0.6) is 0 Å². The van der Waals surface area contributed by atoms with Gasteiger partial charge in [0.05, 0.1) is 6.10 Å². The molecule has 3 aromatic rings. The maximum Gasteiger partial charge on any atom is 0.144 e. The molecule has 0 heterocycles. The van der Waals surface area contributed by atoms with Gasteiger partial charge in [0, 0.05) is 6.42 Å². The van der Waals surface area contributed by atoms with E-state index in [1.165, 1.54) is 12.8 Å². The maximum atomic E-state index is 7.15. The van der Waals surface area contributed by atoms with E-state index in [0.717, 1.165) is 23.1 Å². The maximum absolute atomic E-state index is 7.15. The van der Waals surface area contributed by atoms with Crippen molar-refractivity contribution in [3.8, 4) is 12.3 Å². The molecule has 0 spiro atoms.